The molecule has 0 atom stereocenters. The van der Waals surface area contributed by atoms with Gasteiger partial charge in [-0.25, -0.2) is 4.79 Å². The molecule has 6 heteroatoms. The Morgan fingerprint density at radius 3 is 2.48 bits per heavy atom. The van der Waals surface area contributed by atoms with E-state index in [1.165, 1.54) is 0 Å². The molecule has 2 rings (SSSR count). The van der Waals surface area contributed by atoms with Gasteiger partial charge in [-0.2, -0.15) is 0 Å². The Balaban J connectivity index is 2.09. The van der Waals surface area contributed by atoms with Crippen molar-refractivity contribution in [3.05, 3.63) is 57.6 Å². The fraction of sp³-hybridized carbons (Fsp3) is 0.316. The molecule has 1 N–H and O–H groups in total. The number of hydrogen-bond acceptors (Lipinski definition) is 4. The van der Waals surface area contributed by atoms with Gasteiger partial charge in [-0.15, -0.1) is 0 Å². The molecular weight excluding hydrogens is 361 g/mol. The molecule has 0 aliphatic rings. The number of hydrogen-bond donors (Lipinski definition) is 1. The van der Waals surface area contributed by atoms with Gasteiger partial charge in [-0.1, -0.05) is 30.1 Å². The zero-order valence-corrected chi connectivity index (χ0v) is 15.8. The van der Waals surface area contributed by atoms with Gasteiger partial charge in [0.25, 0.3) is 0 Å². The number of rotatable bonds is 8. The second-order valence-corrected chi connectivity index (χ2v) is 6.22. The highest BCUT2D eigenvalue weighted by molar-refractivity contribution is 6.35. The maximum atomic E-state index is 11.7. The van der Waals surface area contributed by atoms with Gasteiger partial charge in [0.2, 0.25) is 0 Å². The number of halogens is 2. The Morgan fingerprint density at radius 2 is 1.84 bits per heavy atom. The Bertz CT molecular complexity index is 717. The van der Waals surface area contributed by atoms with Crippen LogP contribution in [0.25, 0.3) is 0 Å². The number of nitrogens with one attached hydrogen (secondary N) is 1. The summed E-state index contributed by atoms with van der Waals surface area (Å²) in [6.07, 6.45) is 0.890. The molecule has 0 aliphatic heterocycles. The molecule has 0 aliphatic carbocycles. The van der Waals surface area contributed by atoms with Gasteiger partial charge >= 0.3 is 5.97 Å². The molecule has 0 unspecified atom stereocenters. The third-order valence-corrected chi connectivity index (χ3v) is 3.91. The van der Waals surface area contributed by atoms with Crippen molar-refractivity contribution in [1.82, 2.24) is 0 Å². The van der Waals surface area contributed by atoms with Gasteiger partial charge in [0.1, 0.15) is 5.75 Å². The number of carbonyl (C=O) groups excluding carboxylic acids is 1. The molecule has 2 aromatic carbocycles. The van der Waals surface area contributed by atoms with Crippen LogP contribution in [0.15, 0.2) is 36.4 Å². The predicted octanol–water partition coefficient (Wildman–Crippen LogP) is 5.57. The summed E-state index contributed by atoms with van der Waals surface area (Å²) in [6, 6.07) is 10.6. The molecule has 0 heterocycles. The van der Waals surface area contributed by atoms with Crippen molar-refractivity contribution in [1.29, 1.82) is 0 Å². The van der Waals surface area contributed by atoms with Crippen LogP contribution in [0.1, 0.15) is 36.2 Å². The highest BCUT2D eigenvalue weighted by Crippen LogP contribution is 2.33. The average Bonchev–Trinajstić information content (AvgIpc) is 2.59. The van der Waals surface area contributed by atoms with Gasteiger partial charge in [0.15, 0.2) is 0 Å². The Hall–Kier alpha value is -1.91. The largest absolute Gasteiger partial charge is 0.492 e. The molecular formula is C19H21Cl2NO3. The van der Waals surface area contributed by atoms with Crippen LogP contribution in [0.5, 0.6) is 5.75 Å². The summed E-state index contributed by atoms with van der Waals surface area (Å²) in [5.74, 6) is 0.314. The summed E-state index contributed by atoms with van der Waals surface area (Å²) in [7, 11) is 0. The molecule has 0 fully saturated rings. The number of anilines is 1. The van der Waals surface area contributed by atoms with Crippen LogP contribution in [0, 0.1) is 0 Å². The van der Waals surface area contributed by atoms with E-state index >= 15 is 0 Å². The zero-order valence-electron chi connectivity index (χ0n) is 14.3. The zero-order chi connectivity index (χ0) is 18.2. The summed E-state index contributed by atoms with van der Waals surface area (Å²) in [4.78, 5) is 11.7. The van der Waals surface area contributed by atoms with Crippen molar-refractivity contribution in [3.8, 4) is 5.75 Å². The van der Waals surface area contributed by atoms with E-state index < -0.39 is 0 Å². The van der Waals surface area contributed by atoms with Gasteiger partial charge in [-0.05, 0) is 49.7 Å². The minimum Gasteiger partial charge on any atom is -0.492 e. The smallest absolute Gasteiger partial charge is 0.338 e. The van der Waals surface area contributed by atoms with Crippen LogP contribution in [-0.2, 0) is 11.3 Å². The minimum absolute atomic E-state index is 0.328. The van der Waals surface area contributed by atoms with E-state index in [0.29, 0.717) is 41.1 Å². The lowest BCUT2D eigenvalue weighted by Crippen LogP contribution is -2.06. The van der Waals surface area contributed by atoms with Crippen molar-refractivity contribution in [2.24, 2.45) is 0 Å². The first-order valence-corrected chi connectivity index (χ1v) is 8.92. The van der Waals surface area contributed by atoms with Gasteiger partial charge in [0, 0.05) is 22.8 Å². The number of ether oxygens (including phenoxy) is 2. The maximum absolute atomic E-state index is 11.7. The minimum atomic E-state index is -0.328. The molecule has 2 aromatic rings. The summed E-state index contributed by atoms with van der Waals surface area (Å²) in [6.45, 7) is 5.25. The van der Waals surface area contributed by atoms with Crippen molar-refractivity contribution in [2.75, 3.05) is 18.5 Å². The topological polar surface area (TPSA) is 47.6 Å². The SMILES string of the molecule is CCCOc1c(Cl)cc(Cl)cc1CNc1ccc(C(=O)OCC)cc1. The second-order valence-electron chi connectivity index (χ2n) is 5.38. The van der Waals surface area contributed by atoms with E-state index in [-0.39, 0.29) is 5.97 Å². The molecule has 0 bridgehead atoms. The van der Waals surface area contributed by atoms with Crippen molar-refractivity contribution in [2.45, 2.75) is 26.8 Å². The Labute approximate surface area is 158 Å². The van der Waals surface area contributed by atoms with Crippen LogP contribution in [-0.4, -0.2) is 19.2 Å². The number of carbonyl (C=O) groups is 1. The van der Waals surface area contributed by atoms with Crippen LogP contribution < -0.4 is 10.1 Å². The molecule has 4 nitrogen and oxygen atoms in total. The lowest BCUT2D eigenvalue weighted by atomic mass is 10.1. The van der Waals surface area contributed by atoms with E-state index in [0.717, 1.165) is 17.7 Å². The van der Waals surface area contributed by atoms with Crippen LogP contribution in [0.4, 0.5) is 5.69 Å². The fourth-order valence-electron chi connectivity index (χ4n) is 2.25. The lowest BCUT2D eigenvalue weighted by Gasteiger charge is -2.15. The molecule has 0 spiro atoms. The second kappa shape index (κ2) is 9.54. The molecule has 0 saturated heterocycles. The van der Waals surface area contributed by atoms with Crippen molar-refractivity contribution >= 4 is 34.9 Å². The third-order valence-electron chi connectivity index (χ3n) is 3.41. The van der Waals surface area contributed by atoms with E-state index in [1.807, 2.05) is 25.1 Å². The molecule has 0 aromatic heterocycles. The summed E-state index contributed by atoms with van der Waals surface area (Å²) < 4.78 is 10.7. The predicted molar refractivity (Wildman–Crippen MR) is 102 cm³/mol. The average molecular weight is 382 g/mol. The summed E-state index contributed by atoms with van der Waals surface area (Å²) >= 11 is 12.4. The van der Waals surface area contributed by atoms with Gasteiger partial charge in [-0.3, -0.25) is 0 Å². The van der Waals surface area contributed by atoms with E-state index in [1.54, 1.807) is 25.1 Å². The van der Waals surface area contributed by atoms with Crippen LogP contribution in [0.2, 0.25) is 10.0 Å². The lowest BCUT2D eigenvalue weighted by molar-refractivity contribution is 0.0526. The first-order chi connectivity index (χ1) is 12.0. The Morgan fingerprint density at radius 1 is 1.12 bits per heavy atom. The van der Waals surface area contributed by atoms with Gasteiger partial charge < -0.3 is 14.8 Å². The molecule has 0 amide bonds. The number of esters is 1. The normalized spacial score (nSPS) is 10.4. The van der Waals surface area contributed by atoms with Crippen molar-refractivity contribution in [3.63, 3.8) is 0 Å². The maximum Gasteiger partial charge on any atom is 0.338 e. The highest BCUT2D eigenvalue weighted by atomic mass is 35.5. The summed E-state index contributed by atoms with van der Waals surface area (Å²) in [5, 5.41) is 4.34. The Kier molecular flexibility index (Phi) is 7.41. The van der Waals surface area contributed by atoms with Crippen LogP contribution in [0.3, 0.4) is 0 Å². The number of benzene rings is 2. The fourth-order valence-corrected chi connectivity index (χ4v) is 2.84. The van der Waals surface area contributed by atoms with Crippen LogP contribution >= 0.6 is 23.2 Å². The van der Waals surface area contributed by atoms with E-state index in [4.69, 9.17) is 32.7 Å². The van der Waals surface area contributed by atoms with E-state index in [9.17, 15) is 4.79 Å². The standard InChI is InChI=1S/C19H21Cl2NO3/c1-3-9-25-18-14(10-15(20)11-17(18)21)12-22-16-7-5-13(6-8-16)19(23)24-4-2/h5-8,10-11,22H,3-4,9,12H2,1-2H3. The molecule has 134 valence electrons. The first-order valence-electron chi connectivity index (χ1n) is 8.17. The quantitative estimate of drug-likeness (QED) is 0.607. The highest BCUT2D eigenvalue weighted by Gasteiger charge is 2.11. The van der Waals surface area contributed by atoms with Gasteiger partial charge in [0.05, 0.1) is 23.8 Å². The third kappa shape index (κ3) is 5.55. The van der Waals surface area contributed by atoms with E-state index in [2.05, 4.69) is 5.32 Å². The summed E-state index contributed by atoms with van der Waals surface area (Å²) in [5.41, 5.74) is 2.26. The molecule has 0 radical (unpaired) electrons. The monoisotopic (exact) mass is 381 g/mol. The molecule has 0 saturated carbocycles. The first kappa shape index (κ1) is 19.4. The van der Waals surface area contributed by atoms with Crippen molar-refractivity contribution < 1.29 is 14.3 Å². The molecule has 25 heavy (non-hydrogen) atoms.